The summed E-state index contributed by atoms with van der Waals surface area (Å²) < 4.78 is 11.6. The number of allylic oxidation sites excluding steroid dienone is 1. The molecule has 8 nitrogen and oxygen atoms in total. The molecule has 0 atom stereocenters. The number of fused-ring (bicyclic) bond motifs is 2. The molecule has 28 heavy (non-hydrogen) atoms. The maximum Gasteiger partial charge on any atom is 0.329 e. The second-order valence-corrected chi connectivity index (χ2v) is 6.27. The van der Waals surface area contributed by atoms with Gasteiger partial charge >= 0.3 is 5.69 Å². The van der Waals surface area contributed by atoms with Gasteiger partial charge in [-0.05, 0) is 35.9 Å². The van der Waals surface area contributed by atoms with E-state index in [0.717, 1.165) is 10.1 Å². The van der Waals surface area contributed by atoms with Gasteiger partial charge in [-0.15, -0.1) is 6.58 Å². The number of amides is 1. The summed E-state index contributed by atoms with van der Waals surface area (Å²) in [5, 5.41) is 3.14. The number of hydrogen-bond acceptors (Lipinski definition) is 5. The van der Waals surface area contributed by atoms with Crippen LogP contribution in [0.25, 0.3) is 10.9 Å². The zero-order valence-corrected chi connectivity index (χ0v) is 14.9. The van der Waals surface area contributed by atoms with Gasteiger partial charge in [-0.2, -0.15) is 0 Å². The maximum atomic E-state index is 12.5. The number of H-pyrrole nitrogens is 1. The van der Waals surface area contributed by atoms with Gasteiger partial charge in [0.1, 0.15) is 0 Å². The van der Waals surface area contributed by atoms with Gasteiger partial charge < -0.3 is 19.8 Å². The second-order valence-electron chi connectivity index (χ2n) is 6.27. The first-order valence-electron chi connectivity index (χ1n) is 8.61. The molecule has 0 bridgehead atoms. The third-order valence-corrected chi connectivity index (χ3v) is 4.45. The minimum absolute atomic E-state index is 0.113. The Labute approximate surface area is 159 Å². The third kappa shape index (κ3) is 3.16. The summed E-state index contributed by atoms with van der Waals surface area (Å²) in [6.07, 6.45) is 1.47. The van der Waals surface area contributed by atoms with Crippen LogP contribution in [0.4, 0.5) is 0 Å². The first-order chi connectivity index (χ1) is 13.6. The molecule has 2 heterocycles. The number of benzene rings is 2. The molecule has 4 rings (SSSR count). The van der Waals surface area contributed by atoms with Crippen molar-refractivity contribution in [3.63, 3.8) is 0 Å². The minimum atomic E-state index is -0.546. The molecule has 0 saturated carbocycles. The van der Waals surface area contributed by atoms with E-state index in [4.69, 9.17) is 9.47 Å². The van der Waals surface area contributed by atoms with Gasteiger partial charge in [-0.25, -0.2) is 4.79 Å². The van der Waals surface area contributed by atoms with Crippen molar-refractivity contribution in [2.75, 3.05) is 6.79 Å². The molecule has 1 aromatic heterocycles. The first kappa shape index (κ1) is 17.6. The van der Waals surface area contributed by atoms with Gasteiger partial charge in [0.25, 0.3) is 11.5 Å². The first-order valence-corrected chi connectivity index (χ1v) is 8.61. The van der Waals surface area contributed by atoms with E-state index in [1.807, 2.05) is 12.1 Å². The number of nitrogens with one attached hydrogen (secondary N) is 2. The number of nitrogens with zero attached hydrogens (tertiary/aromatic N) is 1. The van der Waals surface area contributed by atoms with E-state index >= 15 is 0 Å². The number of carbonyl (C=O) groups excluding carboxylic acids is 1. The highest BCUT2D eigenvalue weighted by Crippen LogP contribution is 2.32. The summed E-state index contributed by atoms with van der Waals surface area (Å²) in [6.45, 7) is 4.14. The molecule has 0 aliphatic carbocycles. The molecule has 1 aliphatic heterocycles. The fourth-order valence-electron chi connectivity index (χ4n) is 3.03. The Balaban J connectivity index is 1.56. The predicted octanol–water partition coefficient (Wildman–Crippen LogP) is 1.53. The highest BCUT2D eigenvalue weighted by Gasteiger charge is 2.14. The van der Waals surface area contributed by atoms with Crippen LogP contribution in [0.3, 0.4) is 0 Å². The van der Waals surface area contributed by atoms with Crippen LogP contribution in [-0.2, 0) is 13.1 Å². The van der Waals surface area contributed by atoms with Crippen molar-refractivity contribution in [2.24, 2.45) is 0 Å². The van der Waals surface area contributed by atoms with Crippen LogP contribution < -0.4 is 26.0 Å². The molecule has 0 spiro atoms. The van der Waals surface area contributed by atoms with E-state index in [1.54, 1.807) is 12.1 Å². The molecule has 2 aromatic carbocycles. The molecular formula is C20H17N3O5. The van der Waals surface area contributed by atoms with Crippen LogP contribution in [0.5, 0.6) is 11.5 Å². The molecule has 0 radical (unpaired) electrons. The van der Waals surface area contributed by atoms with E-state index in [2.05, 4.69) is 16.9 Å². The molecule has 2 N–H and O–H groups in total. The largest absolute Gasteiger partial charge is 0.454 e. The van der Waals surface area contributed by atoms with Gasteiger partial charge in [0, 0.05) is 18.7 Å². The highest BCUT2D eigenvalue weighted by atomic mass is 16.7. The lowest BCUT2D eigenvalue weighted by Gasteiger charge is -2.08. The molecule has 1 aliphatic rings. The Morgan fingerprint density at radius 1 is 1.18 bits per heavy atom. The number of aromatic nitrogens is 2. The van der Waals surface area contributed by atoms with E-state index in [9.17, 15) is 14.4 Å². The predicted molar refractivity (Wildman–Crippen MR) is 103 cm³/mol. The van der Waals surface area contributed by atoms with Gasteiger partial charge in [0.05, 0.1) is 10.9 Å². The lowest BCUT2D eigenvalue weighted by molar-refractivity contribution is 0.0951. The number of carbonyl (C=O) groups is 1. The maximum absolute atomic E-state index is 12.5. The Morgan fingerprint density at radius 3 is 2.82 bits per heavy atom. The zero-order valence-electron chi connectivity index (χ0n) is 14.9. The molecule has 1 amide bonds. The molecular weight excluding hydrogens is 362 g/mol. The van der Waals surface area contributed by atoms with Crippen molar-refractivity contribution < 1.29 is 14.3 Å². The lowest BCUT2D eigenvalue weighted by atomic mass is 10.1. The van der Waals surface area contributed by atoms with Crippen molar-refractivity contribution in [3.8, 4) is 11.5 Å². The molecule has 8 heteroatoms. The minimum Gasteiger partial charge on any atom is -0.454 e. The van der Waals surface area contributed by atoms with Gasteiger partial charge in [0.15, 0.2) is 11.5 Å². The average Bonchev–Trinajstić information content (AvgIpc) is 3.16. The van der Waals surface area contributed by atoms with E-state index < -0.39 is 11.2 Å². The average molecular weight is 379 g/mol. The van der Waals surface area contributed by atoms with Crippen LogP contribution in [0.1, 0.15) is 15.9 Å². The van der Waals surface area contributed by atoms with Crippen molar-refractivity contribution in [3.05, 3.63) is 81.0 Å². The van der Waals surface area contributed by atoms with Crippen molar-refractivity contribution in [1.82, 2.24) is 14.9 Å². The summed E-state index contributed by atoms with van der Waals surface area (Å²) in [5.41, 5.74) is 0.538. The molecule has 0 fully saturated rings. The van der Waals surface area contributed by atoms with E-state index in [1.165, 1.54) is 18.2 Å². The molecule has 0 saturated heterocycles. The van der Waals surface area contributed by atoms with Crippen molar-refractivity contribution in [2.45, 2.75) is 13.1 Å². The molecule has 0 unspecified atom stereocenters. The van der Waals surface area contributed by atoms with E-state index in [0.29, 0.717) is 34.5 Å². The van der Waals surface area contributed by atoms with Gasteiger partial charge in [-0.3, -0.25) is 14.2 Å². The van der Waals surface area contributed by atoms with E-state index in [-0.39, 0.29) is 19.2 Å². The Bertz CT molecular complexity index is 1210. The monoisotopic (exact) mass is 379 g/mol. The summed E-state index contributed by atoms with van der Waals surface area (Å²) in [5.74, 6) is 0.997. The summed E-state index contributed by atoms with van der Waals surface area (Å²) >= 11 is 0. The highest BCUT2D eigenvalue weighted by molar-refractivity contribution is 5.97. The number of ether oxygens (including phenoxy) is 2. The fraction of sp³-hybridized carbons (Fsp3) is 0.150. The number of aromatic amines is 1. The standard InChI is InChI=1S/C20H17N3O5/c1-2-7-23-19(25)14-5-4-13(9-15(14)22-20(23)26)18(24)21-10-12-3-6-16-17(8-12)28-11-27-16/h2-6,8-9H,1,7,10-11H2,(H,21,24)(H,22,26). The summed E-state index contributed by atoms with van der Waals surface area (Å²) in [6, 6.07) is 10.0. The Hall–Kier alpha value is -3.81. The number of rotatable bonds is 5. The van der Waals surface area contributed by atoms with Crippen LogP contribution in [0.2, 0.25) is 0 Å². The summed E-state index contributed by atoms with van der Waals surface area (Å²) in [7, 11) is 0. The normalized spacial score (nSPS) is 12.1. The smallest absolute Gasteiger partial charge is 0.329 e. The van der Waals surface area contributed by atoms with Crippen LogP contribution in [0.15, 0.2) is 58.6 Å². The van der Waals surface area contributed by atoms with Crippen LogP contribution in [-0.4, -0.2) is 22.3 Å². The lowest BCUT2D eigenvalue weighted by Crippen LogP contribution is -2.34. The number of hydrogen-bond donors (Lipinski definition) is 2. The third-order valence-electron chi connectivity index (χ3n) is 4.45. The molecule has 3 aromatic rings. The Kier molecular flexibility index (Phi) is 4.44. The van der Waals surface area contributed by atoms with Crippen LogP contribution >= 0.6 is 0 Å². The second kappa shape index (κ2) is 7.07. The topological polar surface area (TPSA) is 102 Å². The van der Waals surface area contributed by atoms with Gasteiger partial charge in [-0.1, -0.05) is 12.1 Å². The zero-order chi connectivity index (χ0) is 19.7. The van der Waals surface area contributed by atoms with Crippen molar-refractivity contribution in [1.29, 1.82) is 0 Å². The quantitative estimate of drug-likeness (QED) is 0.655. The van der Waals surface area contributed by atoms with Gasteiger partial charge in [0.2, 0.25) is 6.79 Å². The summed E-state index contributed by atoms with van der Waals surface area (Å²) in [4.78, 5) is 39.6. The molecule has 142 valence electrons. The fourth-order valence-corrected chi connectivity index (χ4v) is 3.03. The van der Waals surface area contributed by atoms with Crippen LogP contribution in [0, 0.1) is 0 Å². The SMILES string of the molecule is C=CCn1c(=O)[nH]c2cc(C(=O)NCc3ccc4c(c3)OCO4)ccc2c1=O. The Morgan fingerprint density at radius 2 is 2.00 bits per heavy atom. The van der Waals surface area contributed by atoms with Crippen molar-refractivity contribution >= 4 is 16.8 Å².